The molecule has 0 spiro atoms. The van der Waals surface area contributed by atoms with E-state index in [2.05, 4.69) is 5.32 Å². The molecule has 1 aromatic rings. The van der Waals surface area contributed by atoms with E-state index in [1.54, 1.807) is 12.1 Å². The van der Waals surface area contributed by atoms with Gasteiger partial charge in [0.15, 0.2) is 0 Å². The van der Waals surface area contributed by atoms with Crippen LogP contribution in [0.2, 0.25) is 5.02 Å². The molecule has 0 aliphatic carbocycles. The van der Waals surface area contributed by atoms with Crippen LogP contribution in [0.4, 0.5) is 5.69 Å². The monoisotopic (exact) mass is 241 g/mol. The molecular weight excluding hydrogens is 226 g/mol. The first kappa shape index (κ1) is 12.8. The van der Waals surface area contributed by atoms with E-state index in [1.807, 2.05) is 13.8 Å². The van der Waals surface area contributed by atoms with Crippen LogP contribution in [-0.4, -0.2) is 11.0 Å². The fraction of sp³-hybridized carbons (Fsp3) is 0.417. The number of phenolic OH excluding ortho intramolecular Hbond substituents is 1. The van der Waals surface area contributed by atoms with Crippen molar-refractivity contribution >= 4 is 23.2 Å². The molecule has 88 valence electrons. The molecule has 1 atom stereocenters. The second-order valence-electron chi connectivity index (χ2n) is 3.85. The molecule has 4 heteroatoms. The number of benzene rings is 1. The van der Waals surface area contributed by atoms with Crippen LogP contribution >= 0.6 is 11.6 Å². The maximum atomic E-state index is 11.7. The normalized spacial score (nSPS) is 12.2. The summed E-state index contributed by atoms with van der Waals surface area (Å²) in [5.74, 6) is -0.0889. The smallest absolute Gasteiger partial charge is 0.227 e. The predicted octanol–water partition coefficient (Wildman–Crippen LogP) is 3.42. The van der Waals surface area contributed by atoms with Gasteiger partial charge in [0.25, 0.3) is 0 Å². The lowest BCUT2D eigenvalue weighted by Gasteiger charge is -2.11. The number of anilines is 1. The van der Waals surface area contributed by atoms with E-state index in [-0.39, 0.29) is 22.6 Å². The summed E-state index contributed by atoms with van der Waals surface area (Å²) in [5, 5.41) is 12.4. The Balaban J connectivity index is 2.66. The van der Waals surface area contributed by atoms with Crippen molar-refractivity contribution in [2.45, 2.75) is 26.7 Å². The van der Waals surface area contributed by atoms with Crippen molar-refractivity contribution in [1.29, 1.82) is 0 Å². The summed E-state index contributed by atoms with van der Waals surface area (Å²) in [7, 11) is 0. The summed E-state index contributed by atoms with van der Waals surface area (Å²) in [6, 6.07) is 4.66. The average molecular weight is 242 g/mol. The molecule has 1 rings (SSSR count). The van der Waals surface area contributed by atoms with Crippen LogP contribution in [0.3, 0.4) is 0 Å². The number of rotatable bonds is 4. The Kier molecular flexibility index (Phi) is 4.62. The Morgan fingerprint density at radius 1 is 1.56 bits per heavy atom. The van der Waals surface area contributed by atoms with Crippen LogP contribution in [0.1, 0.15) is 26.7 Å². The molecule has 0 bridgehead atoms. The van der Waals surface area contributed by atoms with E-state index in [0.29, 0.717) is 5.69 Å². The zero-order valence-electron chi connectivity index (χ0n) is 9.46. The molecule has 0 saturated heterocycles. The first-order chi connectivity index (χ1) is 7.54. The van der Waals surface area contributed by atoms with Gasteiger partial charge in [-0.05, 0) is 18.6 Å². The molecule has 2 N–H and O–H groups in total. The molecule has 3 nitrogen and oxygen atoms in total. The third kappa shape index (κ3) is 3.42. The zero-order chi connectivity index (χ0) is 12.1. The molecule has 1 amide bonds. The van der Waals surface area contributed by atoms with Crippen molar-refractivity contribution < 1.29 is 9.90 Å². The van der Waals surface area contributed by atoms with Crippen molar-refractivity contribution in [3.05, 3.63) is 23.2 Å². The van der Waals surface area contributed by atoms with Crippen LogP contribution < -0.4 is 5.32 Å². The number of nitrogens with one attached hydrogen (secondary N) is 1. The molecule has 0 aromatic heterocycles. The summed E-state index contributed by atoms with van der Waals surface area (Å²) >= 11 is 5.67. The Labute approximate surface area is 100 Å². The highest BCUT2D eigenvalue weighted by Gasteiger charge is 2.12. The van der Waals surface area contributed by atoms with Crippen LogP contribution in [0.5, 0.6) is 5.75 Å². The van der Waals surface area contributed by atoms with E-state index in [0.717, 1.165) is 12.8 Å². The largest absolute Gasteiger partial charge is 0.506 e. The Bertz CT molecular complexity index is 379. The number of hydrogen-bond donors (Lipinski definition) is 2. The van der Waals surface area contributed by atoms with Crippen molar-refractivity contribution in [2.75, 3.05) is 5.32 Å². The Hall–Kier alpha value is -1.22. The summed E-state index contributed by atoms with van der Waals surface area (Å²) in [6.07, 6.45) is 1.83. The zero-order valence-corrected chi connectivity index (χ0v) is 10.2. The summed E-state index contributed by atoms with van der Waals surface area (Å²) in [4.78, 5) is 11.7. The first-order valence-corrected chi connectivity index (χ1v) is 5.71. The maximum Gasteiger partial charge on any atom is 0.227 e. The van der Waals surface area contributed by atoms with Crippen LogP contribution in [0, 0.1) is 5.92 Å². The highest BCUT2D eigenvalue weighted by atomic mass is 35.5. The molecule has 0 saturated carbocycles. The lowest BCUT2D eigenvalue weighted by atomic mass is 10.1. The van der Waals surface area contributed by atoms with Gasteiger partial charge in [-0.2, -0.15) is 0 Å². The van der Waals surface area contributed by atoms with Gasteiger partial charge in [0.1, 0.15) is 5.75 Å². The third-order valence-electron chi connectivity index (χ3n) is 2.38. The van der Waals surface area contributed by atoms with E-state index in [4.69, 9.17) is 11.6 Å². The van der Waals surface area contributed by atoms with Gasteiger partial charge in [-0.25, -0.2) is 0 Å². The summed E-state index contributed by atoms with van der Waals surface area (Å²) in [6.45, 7) is 3.92. The molecular formula is C12H16ClNO2. The molecule has 0 aliphatic rings. The minimum Gasteiger partial charge on any atom is -0.506 e. The fourth-order valence-corrected chi connectivity index (χ4v) is 1.54. The lowest BCUT2D eigenvalue weighted by Crippen LogP contribution is -2.20. The lowest BCUT2D eigenvalue weighted by molar-refractivity contribution is -0.119. The van der Waals surface area contributed by atoms with Gasteiger partial charge in [-0.15, -0.1) is 0 Å². The standard InChI is InChI=1S/C12H16ClNO2/c1-3-4-8(2)12(16)14-9-5-6-10(13)11(15)7-9/h5-8,15H,3-4H2,1-2H3,(H,14,16). The second-order valence-corrected chi connectivity index (χ2v) is 4.25. The van der Waals surface area contributed by atoms with Gasteiger partial charge >= 0.3 is 0 Å². The third-order valence-corrected chi connectivity index (χ3v) is 2.70. The number of amides is 1. The van der Waals surface area contributed by atoms with Gasteiger partial charge in [0.2, 0.25) is 5.91 Å². The SMILES string of the molecule is CCCC(C)C(=O)Nc1ccc(Cl)c(O)c1. The summed E-state index contributed by atoms with van der Waals surface area (Å²) in [5.41, 5.74) is 0.565. The molecule has 0 heterocycles. The second kappa shape index (κ2) is 5.75. The maximum absolute atomic E-state index is 11.7. The number of hydrogen-bond acceptors (Lipinski definition) is 2. The number of carbonyl (C=O) groups excluding carboxylic acids is 1. The van der Waals surface area contributed by atoms with E-state index < -0.39 is 0 Å². The summed E-state index contributed by atoms with van der Waals surface area (Å²) < 4.78 is 0. The fourth-order valence-electron chi connectivity index (χ4n) is 1.42. The van der Waals surface area contributed by atoms with Gasteiger partial charge < -0.3 is 10.4 Å². The Morgan fingerprint density at radius 2 is 2.25 bits per heavy atom. The first-order valence-electron chi connectivity index (χ1n) is 5.34. The van der Waals surface area contributed by atoms with Crippen molar-refractivity contribution in [3.8, 4) is 5.75 Å². The number of carbonyl (C=O) groups is 1. The van der Waals surface area contributed by atoms with Crippen LogP contribution in [-0.2, 0) is 4.79 Å². The number of halogens is 1. The van der Waals surface area contributed by atoms with Gasteiger partial charge in [0, 0.05) is 17.7 Å². The van der Waals surface area contributed by atoms with Crippen molar-refractivity contribution in [3.63, 3.8) is 0 Å². The molecule has 0 fully saturated rings. The number of aromatic hydroxyl groups is 1. The minimum atomic E-state index is -0.0384. The Morgan fingerprint density at radius 3 is 2.81 bits per heavy atom. The molecule has 0 radical (unpaired) electrons. The van der Waals surface area contributed by atoms with E-state index in [1.165, 1.54) is 6.07 Å². The van der Waals surface area contributed by atoms with E-state index >= 15 is 0 Å². The highest BCUT2D eigenvalue weighted by molar-refractivity contribution is 6.32. The van der Waals surface area contributed by atoms with Crippen LogP contribution in [0.15, 0.2) is 18.2 Å². The van der Waals surface area contributed by atoms with Crippen molar-refractivity contribution in [2.24, 2.45) is 5.92 Å². The molecule has 1 aromatic carbocycles. The predicted molar refractivity (Wildman–Crippen MR) is 65.8 cm³/mol. The highest BCUT2D eigenvalue weighted by Crippen LogP contribution is 2.26. The van der Waals surface area contributed by atoms with Crippen LogP contribution in [0.25, 0.3) is 0 Å². The van der Waals surface area contributed by atoms with Gasteiger partial charge in [-0.3, -0.25) is 4.79 Å². The minimum absolute atomic E-state index is 0.0252. The molecule has 16 heavy (non-hydrogen) atoms. The quantitative estimate of drug-likeness (QED) is 0.849. The molecule has 0 aliphatic heterocycles. The molecule has 1 unspecified atom stereocenters. The number of phenols is 1. The van der Waals surface area contributed by atoms with Crippen molar-refractivity contribution in [1.82, 2.24) is 0 Å². The van der Waals surface area contributed by atoms with Gasteiger partial charge in [-0.1, -0.05) is 31.9 Å². The topological polar surface area (TPSA) is 49.3 Å². The van der Waals surface area contributed by atoms with E-state index in [9.17, 15) is 9.90 Å². The van der Waals surface area contributed by atoms with Gasteiger partial charge in [0.05, 0.1) is 5.02 Å². The average Bonchev–Trinajstić information content (AvgIpc) is 2.24.